The lowest BCUT2D eigenvalue weighted by molar-refractivity contribution is 1.34. The Morgan fingerprint density at radius 1 is 1.25 bits per heavy atom. The van der Waals surface area contributed by atoms with E-state index in [1.165, 1.54) is 5.56 Å². The third-order valence-corrected chi connectivity index (χ3v) is 1.33. The summed E-state index contributed by atoms with van der Waals surface area (Å²) in [6.45, 7) is 3.99. The van der Waals surface area contributed by atoms with Crippen LogP contribution in [0.15, 0.2) is 24.2 Å². The summed E-state index contributed by atoms with van der Waals surface area (Å²) in [5.74, 6) is 0. The summed E-state index contributed by atoms with van der Waals surface area (Å²) in [4.78, 5) is 0. The third kappa shape index (κ3) is 0.890. The molecule has 0 spiro atoms. The Morgan fingerprint density at radius 3 is 2.50 bits per heavy atom. The van der Waals surface area contributed by atoms with Gasteiger partial charge in [0.2, 0.25) is 0 Å². The molecule has 1 rings (SSSR count). The highest BCUT2D eigenvalue weighted by molar-refractivity contribution is 5.23. The Kier molecular flexibility index (Phi) is 1.03. The summed E-state index contributed by atoms with van der Waals surface area (Å²) in [7, 11) is 0. The predicted molar refractivity (Wildman–Crippen MR) is 35.9 cm³/mol. The summed E-state index contributed by atoms with van der Waals surface area (Å²) in [6.07, 6.45) is 0. The van der Waals surface area contributed by atoms with E-state index in [1.54, 1.807) is 0 Å². The van der Waals surface area contributed by atoms with Gasteiger partial charge in [-0.3, -0.25) is 0 Å². The van der Waals surface area contributed by atoms with Gasteiger partial charge in [-0.05, 0) is 25.0 Å². The van der Waals surface area contributed by atoms with Gasteiger partial charge in [-0.25, -0.2) is 0 Å². The van der Waals surface area contributed by atoms with Crippen LogP contribution in [0.1, 0.15) is 12.5 Å². The second kappa shape index (κ2) is 1.99. The van der Waals surface area contributed by atoms with Crippen LogP contribution >= 0.6 is 0 Å². The van der Waals surface area contributed by atoms with Crippen molar-refractivity contribution < 1.29 is 1.37 Å². The van der Waals surface area contributed by atoms with E-state index in [9.17, 15) is 0 Å². The zero-order valence-corrected chi connectivity index (χ0v) is 5.23. The molecule has 0 aliphatic carbocycles. The highest BCUT2D eigenvalue weighted by Gasteiger charge is 1.83. The van der Waals surface area contributed by atoms with Crippen molar-refractivity contribution in [1.29, 1.82) is 0 Å². The van der Waals surface area contributed by atoms with Crippen LogP contribution in [0, 0.1) is 13.8 Å². The smallest absolute Gasteiger partial charge is 0.0620 e. The Labute approximate surface area is 51.6 Å². The van der Waals surface area contributed by atoms with Crippen LogP contribution in [-0.4, -0.2) is 0 Å². The van der Waals surface area contributed by atoms with Crippen LogP contribution in [0.3, 0.4) is 0 Å². The number of rotatable bonds is 0. The number of aryl methyl sites for hydroxylation is 1. The monoisotopic (exact) mass is 107 g/mol. The van der Waals surface area contributed by atoms with E-state index in [4.69, 9.17) is 1.37 Å². The van der Waals surface area contributed by atoms with Crippen molar-refractivity contribution in [3.63, 3.8) is 0 Å². The van der Waals surface area contributed by atoms with E-state index in [0.717, 1.165) is 5.56 Å². The molecule has 8 heavy (non-hydrogen) atoms. The van der Waals surface area contributed by atoms with E-state index >= 15 is 0 Å². The summed E-state index contributed by atoms with van der Waals surface area (Å²) in [5, 5.41) is 0. The maximum Gasteiger partial charge on any atom is 0.0626 e. The molecule has 1 aromatic carbocycles. The van der Waals surface area contributed by atoms with Crippen LogP contribution in [0.2, 0.25) is 0 Å². The molecule has 0 aliphatic heterocycles. The van der Waals surface area contributed by atoms with Crippen molar-refractivity contribution in [2.45, 2.75) is 13.8 Å². The molecule has 0 nitrogen and oxygen atoms in total. The molecular formula is C8H10. The Bertz CT molecular complexity index is 196. The van der Waals surface area contributed by atoms with Gasteiger partial charge in [0.1, 0.15) is 0 Å². The molecular weight excluding hydrogens is 96.1 g/mol. The summed E-state index contributed by atoms with van der Waals surface area (Å²) < 4.78 is 7.36. The largest absolute Gasteiger partial charge is 0.0626 e. The molecule has 0 heteroatoms. The Morgan fingerprint density at radius 2 is 2.00 bits per heavy atom. The van der Waals surface area contributed by atoms with Crippen LogP contribution in [0.25, 0.3) is 0 Å². The van der Waals surface area contributed by atoms with Gasteiger partial charge in [0, 0.05) is 0 Å². The minimum Gasteiger partial charge on any atom is -0.0620 e. The normalized spacial score (nSPS) is 11.0. The van der Waals surface area contributed by atoms with E-state index in [1.807, 2.05) is 32.0 Å². The van der Waals surface area contributed by atoms with Crippen LogP contribution in [0.4, 0.5) is 0 Å². The lowest BCUT2D eigenvalue weighted by atomic mass is 10.1. The standard InChI is InChI=1S/C8H10/c1-7-5-3-4-6-8(7)2/h3-6H,1-2H3/i5D. The van der Waals surface area contributed by atoms with Crippen molar-refractivity contribution in [2.75, 3.05) is 0 Å². The van der Waals surface area contributed by atoms with E-state index in [0.29, 0.717) is 6.04 Å². The maximum atomic E-state index is 7.36. The van der Waals surface area contributed by atoms with E-state index < -0.39 is 0 Å². The molecule has 42 valence electrons. The highest BCUT2D eigenvalue weighted by Crippen LogP contribution is 2.02. The fraction of sp³-hybridized carbons (Fsp3) is 0.250. The van der Waals surface area contributed by atoms with Gasteiger partial charge in [0.25, 0.3) is 0 Å². The highest BCUT2D eigenvalue weighted by atomic mass is 13.9. The minimum atomic E-state index is 0.634. The first-order valence-corrected chi connectivity index (χ1v) is 2.74. The molecule has 0 fully saturated rings. The van der Waals surface area contributed by atoms with E-state index in [-0.39, 0.29) is 0 Å². The molecule has 0 bridgehead atoms. The summed E-state index contributed by atoms with van der Waals surface area (Å²) >= 11 is 0. The molecule has 0 saturated carbocycles. The maximum absolute atomic E-state index is 7.36. The van der Waals surface area contributed by atoms with Crippen LogP contribution in [-0.2, 0) is 0 Å². The molecule has 0 saturated heterocycles. The first kappa shape index (κ1) is 4.13. The van der Waals surface area contributed by atoms with Crippen molar-refractivity contribution in [1.82, 2.24) is 0 Å². The van der Waals surface area contributed by atoms with Crippen molar-refractivity contribution in [3.05, 3.63) is 35.4 Å². The first-order chi connectivity index (χ1) is 4.22. The van der Waals surface area contributed by atoms with Gasteiger partial charge in [-0.1, -0.05) is 24.2 Å². The SMILES string of the molecule is [2H]c1cccc(C)c1C. The topological polar surface area (TPSA) is 0 Å². The molecule has 0 radical (unpaired) electrons. The fourth-order valence-corrected chi connectivity index (χ4v) is 0.604. The average molecular weight is 107 g/mol. The lowest BCUT2D eigenvalue weighted by Crippen LogP contribution is -1.74. The average Bonchev–Trinajstić information content (AvgIpc) is 1.83. The van der Waals surface area contributed by atoms with Crippen molar-refractivity contribution >= 4 is 0 Å². The van der Waals surface area contributed by atoms with Crippen LogP contribution in [0.5, 0.6) is 0 Å². The molecule has 0 N–H and O–H groups in total. The predicted octanol–water partition coefficient (Wildman–Crippen LogP) is 2.30. The second-order valence-corrected chi connectivity index (χ2v) is 1.98. The molecule has 1 aromatic rings. The first-order valence-electron chi connectivity index (χ1n) is 3.24. The molecule has 0 aromatic heterocycles. The summed E-state index contributed by atoms with van der Waals surface area (Å²) in [6, 6.07) is 6.37. The van der Waals surface area contributed by atoms with Crippen LogP contribution < -0.4 is 0 Å². The van der Waals surface area contributed by atoms with Gasteiger partial charge < -0.3 is 0 Å². The Balaban J connectivity index is 3.25. The zero-order chi connectivity index (χ0) is 6.85. The summed E-state index contributed by atoms with van der Waals surface area (Å²) in [5.41, 5.74) is 2.28. The van der Waals surface area contributed by atoms with Gasteiger partial charge >= 0.3 is 0 Å². The minimum absolute atomic E-state index is 0.634. The van der Waals surface area contributed by atoms with E-state index in [2.05, 4.69) is 0 Å². The quantitative estimate of drug-likeness (QED) is 0.477. The van der Waals surface area contributed by atoms with Gasteiger partial charge in [0.15, 0.2) is 0 Å². The van der Waals surface area contributed by atoms with Crippen molar-refractivity contribution in [3.8, 4) is 0 Å². The number of hydrogen-bond donors (Lipinski definition) is 0. The molecule has 0 amide bonds. The lowest BCUT2D eigenvalue weighted by Gasteiger charge is -1.93. The van der Waals surface area contributed by atoms with Crippen molar-refractivity contribution in [2.24, 2.45) is 0 Å². The fourth-order valence-electron chi connectivity index (χ4n) is 0.604. The molecule has 0 aliphatic rings. The van der Waals surface area contributed by atoms with Gasteiger partial charge in [-0.2, -0.15) is 0 Å². The molecule has 0 atom stereocenters. The van der Waals surface area contributed by atoms with Gasteiger partial charge in [-0.15, -0.1) is 0 Å². The molecule has 0 unspecified atom stereocenters. The molecule has 0 heterocycles. The number of benzene rings is 1. The third-order valence-electron chi connectivity index (χ3n) is 1.33. The zero-order valence-electron chi connectivity index (χ0n) is 6.23. The number of hydrogen-bond acceptors (Lipinski definition) is 0. The van der Waals surface area contributed by atoms with Gasteiger partial charge in [0.05, 0.1) is 1.37 Å². The second-order valence-electron chi connectivity index (χ2n) is 1.98. The Hall–Kier alpha value is -0.780.